The van der Waals surface area contributed by atoms with Crippen molar-refractivity contribution < 1.29 is 8.42 Å². The fraction of sp³-hybridized carbons (Fsp3) is 0.0909. The van der Waals surface area contributed by atoms with Gasteiger partial charge in [-0.2, -0.15) is 0 Å². The summed E-state index contributed by atoms with van der Waals surface area (Å²) in [7, 11) is -3.35. The van der Waals surface area contributed by atoms with Crippen molar-refractivity contribution >= 4 is 32.4 Å². The normalized spacial score (nSPS) is 12.0. The predicted molar refractivity (Wildman–Crippen MR) is 72.4 cm³/mol. The van der Waals surface area contributed by atoms with Gasteiger partial charge < -0.3 is 5.73 Å². The molecule has 1 aromatic carbocycles. The maximum atomic E-state index is 11.8. The van der Waals surface area contributed by atoms with Crippen molar-refractivity contribution in [2.45, 2.75) is 5.75 Å². The van der Waals surface area contributed by atoms with Gasteiger partial charge in [-0.25, -0.2) is 8.42 Å². The highest BCUT2D eigenvalue weighted by Gasteiger charge is 2.11. The number of anilines is 1. The van der Waals surface area contributed by atoms with Gasteiger partial charge in [0.15, 0.2) is 9.84 Å². The highest BCUT2D eigenvalue weighted by atomic mass is 32.2. The Kier molecular flexibility index (Phi) is 3.73. The van der Waals surface area contributed by atoms with Crippen molar-refractivity contribution in [1.29, 1.82) is 0 Å². The van der Waals surface area contributed by atoms with Crippen LogP contribution in [0.5, 0.6) is 0 Å². The summed E-state index contributed by atoms with van der Waals surface area (Å²) < 4.78 is 23.6. The number of nitrogen functional groups attached to an aromatic ring is 1. The van der Waals surface area contributed by atoms with Crippen LogP contribution in [0.15, 0.2) is 35.7 Å². The van der Waals surface area contributed by atoms with Gasteiger partial charge in [0, 0.05) is 5.41 Å². The van der Waals surface area contributed by atoms with E-state index >= 15 is 0 Å². The SMILES string of the molecule is Nc1nnc(CS(=O)(=O)/C=C\c2ccccc2)s1. The lowest BCUT2D eigenvalue weighted by Crippen LogP contribution is -1.99. The number of sulfone groups is 1. The van der Waals surface area contributed by atoms with E-state index in [4.69, 9.17) is 5.73 Å². The summed E-state index contributed by atoms with van der Waals surface area (Å²) in [4.78, 5) is 0. The van der Waals surface area contributed by atoms with Crippen LogP contribution in [-0.2, 0) is 15.6 Å². The molecule has 94 valence electrons. The number of hydrogen-bond donors (Lipinski definition) is 1. The zero-order chi connectivity index (χ0) is 13.0. The third-order valence-corrected chi connectivity index (χ3v) is 4.24. The molecular weight excluding hydrogens is 270 g/mol. The average Bonchev–Trinajstić information content (AvgIpc) is 2.73. The zero-order valence-corrected chi connectivity index (χ0v) is 11.0. The van der Waals surface area contributed by atoms with Crippen LogP contribution >= 0.6 is 11.3 Å². The van der Waals surface area contributed by atoms with Gasteiger partial charge in [-0.15, -0.1) is 10.2 Å². The first-order valence-electron chi connectivity index (χ1n) is 5.09. The summed E-state index contributed by atoms with van der Waals surface area (Å²) in [6.45, 7) is 0. The van der Waals surface area contributed by atoms with Crippen LogP contribution in [0.2, 0.25) is 0 Å². The lowest BCUT2D eigenvalue weighted by molar-refractivity contribution is 0.603. The van der Waals surface area contributed by atoms with E-state index in [1.165, 1.54) is 5.41 Å². The molecule has 0 amide bonds. The molecule has 2 aromatic rings. The summed E-state index contributed by atoms with van der Waals surface area (Å²) in [5, 5.41) is 9.11. The van der Waals surface area contributed by atoms with E-state index in [1.54, 1.807) is 6.08 Å². The molecule has 1 aromatic heterocycles. The number of hydrogen-bond acceptors (Lipinski definition) is 6. The largest absolute Gasteiger partial charge is 0.374 e. The van der Waals surface area contributed by atoms with E-state index in [-0.39, 0.29) is 10.9 Å². The van der Waals surface area contributed by atoms with Crippen LogP contribution in [-0.4, -0.2) is 18.6 Å². The van der Waals surface area contributed by atoms with Gasteiger partial charge in [0.2, 0.25) is 5.13 Å². The summed E-state index contributed by atoms with van der Waals surface area (Å²) in [5.41, 5.74) is 6.23. The topological polar surface area (TPSA) is 85.9 Å². The molecule has 0 aliphatic heterocycles. The predicted octanol–water partition coefficient (Wildman–Crippen LogP) is 1.71. The Balaban J connectivity index is 2.10. The fourth-order valence-corrected chi connectivity index (χ4v) is 3.29. The molecule has 5 nitrogen and oxygen atoms in total. The van der Waals surface area contributed by atoms with Gasteiger partial charge in [0.05, 0.1) is 0 Å². The summed E-state index contributed by atoms with van der Waals surface area (Å²) in [5.74, 6) is -0.175. The first kappa shape index (κ1) is 12.7. The minimum atomic E-state index is -3.35. The van der Waals surface area contributed by atoms with Gasteiger partial charge >= 0.3 is 0 Å². The van der Waals surface area contributed by atoms with Crippen molar-refractivity contribution in [2.24, 2.45) is 0 Å². The van der Waals surface area contributed by atoms with E-state index in [9.17, 15) is 8.42 Å². The minimum absolute atomic E-state index is 0.175. The molecule has 0 bridgehead atoms. The molecule has 0 unspecified atom stereocenters. The Morgan fingerprint density at radius 2 is 1.94 bits per heavy atom. The third-order valence-electron chi connectivity index (χ3n) is 2.07. The molecule has 0 saturated carbocycles. The van der Waals surface area contributed by atoms with Crippen LogP contribution in [0.3, 0.4) is 0 Å². The lowest BCUT2D eigenvalue weighted by Gasteiger charge is -1.94. The smallest absolute Gasteiger partial charge is 0.203 e. The van der Waals surface area contributed by atoms with Crippen LogP contribution in [0.1, 0.15) is 10.6 Å². The quantitative estimate of drug-likeness (QED) is 0.922. The zero-order valence-electron chi connectivity index (χ0n) is 9.35. The molecule has 0 atom stereocenters. The Morgan fingerprint density at radius 3 is 2.56 bits per heavy atom. The molecule has 0 saturated heterocycles. The number of benzene rings is 1. The number of aromatic nitrogens is 2. The van der Waals surface area contributed by atoms with E-state index < -0.39 is 9.84 Å². The standard InChI is InChI=1S/C11H11N3O2S2/c12-11-14-13-10(17-11)8-18(15,16)7-6-9-4-2-1-3-5-9/h1-7H,8H2,(H2,12,14)/b7-6-. The molecule has 2 N–H and O–H groups in total. The number of nitrogens with zero attached hydrogens (tertiary/aromatic N) is 2. The Labute approximate surface area is 109 Å². The molecule has 0 aliphatic carbocycles. The van der Waals surface area contributed by atoms with Crippen LogP contribution in [0.4, 0.5) is 5.13 Å². The second kappa shape index (κ2) is 5.28. The summed E-state index contributed by atoms with van der Waals surface area (Å²) in [6.07, 6.45) is 1.56. The second-order valence-corrected chi connectivity index (χ2v) is 6.53. The van der Waals surface area contributed by atoms with Gasteiger partial charge in [0.1, 0.15) is 10.8 Å². The maximum Gasteiger partial charge on any atom is 0.203 e. The number of nitrogens with two attached hydrogens (primary N) is 1. The monoisotopic (exact) mass is 281 g/mol. The molecule has 0 aliphatic rings. The van der Waals surface area contributed by atoms with Crippen LogP contribution in [0.25, 0.3) is 6.08 Å². The second-order valence-electron chi connectivity index (χ2n) is 3.55. The van der Waals surface area contributed by atoms with E-state index in [0.717, 1.165) is 16.9 Å². The average molecular weight is 281 g/mol. The first-order chi connectivity index (χ1) is 8.55. The van der Waals surface area contributed by atoms with Crippen molar-refractivity contribution in [1.82, 2.24) is 10.2 Å². The van der Waals surface area contributed by atoms with E-state index in [2.05, 4.69) is 10.2 Å². The van der Waals surface area contributed by atoms with E-state index in [0.29, 0.717) is 5.01 Å². The Hall–Kier alpha value is -1.73. The van der Waals surface area contributed by atoms with Crippen molar-refractivity contribution in [3.8, 4) is 0 Å². The Morgan fingerprint density at radius 1 is 1.22 bits per heavy atom. The molecule has 18 heavy (non-hydrogen) atoms. The highest BCUT2D eigenvalue weighted by Crippen LogP contribution is 2.15. The molecule has 1 heterocycles. The summed E-state index contributed by atoms with van der Waals surface area (Å²) >= 11 is 1.08. The van der Waals surface area contributed by atoms with Crippen LogP contribution < -0.4 is 5.73 Å². The lowest BCUT2D eigenvalue weighted by atomic mass is 10.2. The molecule has 0 fully saturated rings. The minimum Gasteiger partial charge on any atom is -0.374 e. The van der Waals surface area contributed by atoms with Gasteiger partial charge in [0.25, 0.3) is 0 Å². The van der Waals surface area contributed by atoms with Gasteiger partial charge in [-0.3, -0.25) is 0 Å². The molecule has 2 rings (SSSR count). The molecule has 7 heteroatoms. The third kappa shape index (κ3) is 3.64. The van der Waals surface area contributed by atoms with Gasteiger partial charge in [-0.05, 0) is 11.6 Å². The fourth-order valence-electron chi connectivity index (χ4n) is 1.29. The van der Waals surface area contributed by atoms with E-state index in [1.807, 2.05) is 30.3 Å². The first-order valence-corrected chi connectivity index (χ1v) is 7.62. The highest BCUT2D eigenvalue weighted by molar-refractivity contribution is 7.93. The van der Waals surface area contributed by atoms with Crippen LogP contribution in [0, 0.1) is 0 Å². The molecule has 0 spiro atoms. The molecule has 0 radical (unpaired) electrons. The van der Waals surface area contributed by atoms with Crippen molar-refractivity contribution in [2.75, 3.05) is 5.73 Å². The van der Waals surface area contributed by atoms with Crippen molar-refractivity contribution in [3.63, 3.8) is 0 Å². The molecular formula is C11H11N3O2S2. The Bertz CT molecular complexity index is 648. The summed E-state index contributed by atoms with van der Waals surface area (Å²) in [6, 6.07) is 9.22. The maximum absolute atomic E-state index is 11.8. The number of rotatable bonds is 4. The van der Waals surface area contributed by atoms with Crippen molar-refractivity contribution in [3.05, 3.63) is 46.3 Å². The van der Waals surface area contributed by atoms with Gasteiger partial charge in [-0.1, -0.05) is 41.7 Å².